The lowest BCUT2D eigenvalue weighted by molar-refractivity contribution is -0.120. The molecule has 2 aromatic rings. The Bertz CT molecular complexity index is 966. The summed E-state index contributed by atoms with van der Waals surface area (Å²) in [5.41, 5.74) is 13.6. The molecule has 1 saturated carbocycles. The third kappa shape index (κ3) is 4.79. The number of aryl methyl sites for hydroxylation is 2. The zero-order chi connectivity index (χ0) is 21.8. The molecule has 30 heavy (non-hydrogen) atoms. The van der Waals surface area contributed by atoms with Crippen LogP contribution in [-0.2, 0) is 4.79 Å². The number of aromatic nitrogens is 1. The van der Waals surface area contributed by atoms with Crippen LogP contribution < -0.4 is 21.7 Å². The Morgan fingerprint density at radius 2 is 1.90 bits per heavy atom. The van der Waals surface area contributed by atoms with Crippen molar-refractivity contribution in [1.29, 1.82) is 0 Å². The third-order valence-corrected chi connectivity index (χ3v) is 6.17. The van der Waals surface area contributed by atoms with E-state index >= 15 is 0 Å². The summed E-state index contributed by atoms with van der Waals surface area (Å²) in [6, 6.07) is 5.77. The van der Waals surface area contributed by atoms with Crippen LogP contribution in [0.3, 0.4) is 0 Å². The number of benzene rings is 1. The summed E-state index contributed by atoms with van der Waals surface area (Å²) in [5, 5.41) is 3.04. The van der Waals surface area contributed by atoms with E-state index in [4.69, 9.17) is 11.5 Å². The highest BCUT2D eigenvalue weighted by atomic mass is 32.1. The molecule has 8 nitrogen and oxygen atoms in total. The van der Waals surface area contributed by atoms with Crippen molar-refractivity contribution >= 4 is 40.6 Å². The van der Waals surface area contributed by atoms with Gasteiger partial charge in [0.2, 0.25) is 5.91 Å². The van der Waals surface area contributed by atoms with Crippen molar-refractivity contribution in [2.75, 3.05) is 17.2 Å². The van der Waals surface area contributed by atoms with Crippen molar-refractivity contribution in [3.8, 4) is 0 Å². The van der Waals surface area contributed by atoms with E-state index in [2.05, 4.69) is 9.69 Å². The summed E-state index contributed by atoms with van der Waals surface area (Å²) in [6.07, 6.45) is 5.28. The van der Waals surface area contributed by atoms with Gasteiger partial charge >= 0.3 is 0 Å². The number of nitrogen functional groups attached to an aromatic ring is 1. The minimum absolute atomic E-state index is 0.0556. The molecule has 160 valence electrons. The van der Waals surface area contributed by atoms with Gasteiger partial charge in [-0.15, -0.1) is 0 Å². The lowest BCUT2D eigenvalue weighted by Gasteiger charge is -2.27. The standard InChI is InChI=1S/C21H27N5O3S/c1-12-8-9-15(13(2)10-12)26(11-16(27)24-14-6-4-3-5-7-14)21(29)19-17(22)18(20(23)28)25-30-19/h8-10,14H,3-7,11,22H2,1-2H3,(H2,23,28)(H,24,27). The van der Waals surface area contributed by atoms with Gasteiger partial charge in [-0.05, 0) is 49.9 Å². The maximum absolute atomic E-state index is 13.4. The highest BCUT2D eigenvalue weighted by Gasteiger charge is 2.29. The first-order valence-corrected chi connectivity index (χ1v) is 10.8. The molecule has 3 amide bonds. The first-order chi connectivity index (χ1) is 14.3. The van der Waals surface area contributed by atoms with Crippen molar-refractivity contribution in [2.45, 2.75) is 52.0 Å². The summed E-state index contributed by atoms with van der Waals surface area (Å²) < 4.78 is 3.92. The largest absolute Gasteiger partial charge is 0.395 e. The summed E-state index contributed by atoms with van der Waals surface area (Å²) in [7, 11) is 0. The number of anilines is 2. The molecule has 9 heteroatoms. The Kier molecular flexibility index (Phi) is 6.71. The number of nitrogens with two attached hydrogens (primary N) is 2. The number of hydrogen-bond acceptors (Lipinski definition) is 6. The molecule has 5 N–H and O–H groups in total. The molecule has 1 heterocycles. The molecule has 1 aromatic carbocycles. The first-order valence-electron chi connectivity index (χ1n) is 10.0. The number of nitrogens with one attached hydrogen (secondary N) is 1. The van der Waals surface area contributed by atoms with Crippen LogP contribution in [0.5, 0.6) is 0 Å². The second-order valence-electron chi connectivity index (χ2n) is 7.72. The Labute approximate surface area is 179 Å². The maximum Gasteiger partial charge on any atom is 0.272 e. The Morgan fingerprint density at radius 3 is 2.50 bits per heavy atom. The average Bonchev–Trinajstić information content (AvgIpc) is 3.08. The van der Waals surface area contributed by atoms with E-state index in [1.807, 2.05) is 32.0 Å². The highest BCUT2D eigenvalue weighted by molar-refractivity contribution is 7.09. The van der Waals surface area contributed by atoms with Gasteiger partial charge in [-0.3, -0.25) is 19.3 Å². The van der Waals surface area contributed by atoms with Gasteiger partial charge in [0.15, 0.2) is 5.69 Å². The molecule has 0 atom stereocenters. The second-order valence-corrected chi connectivity index (χ2v) is 8.50. The number of amides is 3. The van der Waals surface area contributed by atoms with Crippen LogP contribution in [0.25, 0.3) is 0 Å². The van der Waals surface area contributed by atoms with Gasteiger partial charge in [-0.1, -0.05) is 37.0 Å². The first kappa shape index (κ1) is 21.8. The smallest absolute Gasteiger partial charge is 0.272 e. The van der Waals surface area contributed by atoms with E-state index in [9.17, 15) is 14.4 Å². The number of carbonyl (C=O) groups excluding carboxylic acids is 3. The molecule has 0 unspecified atom stereocenters. The van der Waals surface area contributed by atoms with Crippen LogP contribution >= 0.6 is 11.5 Å². The third-order valence-electron chi connectivity index (χ3n) is 5.32. The van der Waals surface area contributed by atoms with E-state index < -0.39 is 11.8 Å². The molecule has 0 aliphatic heterocycles. The summed E-state index contributed by atoms with van der Waals surface area (Å²) in [6.45, 7) is 3.69. The summed E-state index contributed by atoms with van der Waals surface area (Å²) in [4.78, 5) is 39.1. The topological polar surface area (TPSA) is 131 Å². The van der Waals surface area contributed by atoms with E-state index in [1.54, 1.807) is 0 Å². The molecular weight excluding hydrogens is 402 g/mol. The molecule has 1 fully saturated rings. The minimum Gasteiger partial charge on any atom is -0.395 e. The number of primary amides is 1. The fourth-order valence-corrected chi connectivity index (χ4v) is 4.54. The Hall–Kier alpha value is -2.94. The fourth-order valence-electron chi connectivity index (χ4n) is 3.79. The molecule has 1 aromatic heterocycles. The molecule has 0 radical (unpaired) electrons. The van der Waals surface area contributed by atoms with E-state index in [1.165, 1.54) is 11.3 Å². The maximum atomic E-state index is 13.4. The van der Waals surface area contributed by atoms with Gasteiger partial charge in [-0.25, -0.2) is 0 Å². The highest BCUT2D eigenvalue weighted by Crippen LogP contribution is 2.28. The van der Waals surface area contributed by atoms with Gasteiger partial charge in [0.25, 0.3) is 11.8 Å². The van der Waals surface area contributed by atoms with Crippen LogP contribution in [0, 0.1) is 13.8 Å². The number of hydrogen-bond donors (Lipinski definition) is 3. The Balaban J connectivity index is 1.90. The number of nitrogens with zero attached hydrogens (tertiary/aromatic N) is 2. The summed E-state index contributed by atoms with van der Waals surface area (Å²) >= 11 is 0.809. The quantitative estimate of drug-likeness (QED) is 0.649. The predicted molar refractivity (Wildman–Crippen MR) is 118 cm³/mol. The van der Waals surface area contributed by atoms with E-state index in [0.717, 1.165) is 48.3 Å². The number of carbonyl (C=O) groups is 3. The van der Waals surface area contributed by atoms with Crippen molar-refractivity contribution < 1.29 is 14.4 Å². The van der Waals surface area contributed by atoms with Gasteiger partial charge in [0.05, 0.1) is 5.69 Å². The monoisotopic (exact) mass is 429 g/mol. The van der Waals surface area contributed by atoms with Crippen molar-refractivity contribution in [1.82, 2.24) is 9.69 Å². The van der Waals surface area contributed by atoms with Crippen molar-refractivity contribution in [3.63, 3.8) is 0 Å². The second kappa shape index (κ2) is 9.25. The SMILES string of the molecule is Cc1ccc(N(CC(=O)NC2CCCCC2)C(=O)c2snc(C(N)=O)c2N)c(C)c1. The van der Waals surface area contributed by atoms with Crippen LogP contribution in [-0.4, -0.2) is 34.7 Å². The van der Waals surface area contributed by atoms with Crippen LogP contribution in [0.1, 0.15) is 63.4 Å². The molecule has 3 rings (SSSR count). The predicted octanol–water partition coefficient (Wildman–Crippen LogP) is 2.54. The zero-order valence-corrected chi connectivity index (χ0v) is 18.1. The molecular formula is C21H27N5O3S. The number of rotatable bonds is 6. The minimum atomic E-state index is -0.795. The molecule has 1 aliphatic carbocycles. The zero-order valence-electron chi connectivity index (χ0n) is 17.2. The average molecular weight is 430 g/mol. The molecule has 0 bridgehead atoms. The van der Waals surface area contributed by atoms with Gasteiger partial charge in [0, 0.05) is 11.7 Å². The lowest BCUT2D eigenvalue weighted by Crippen LogP contribution is -2.45. The van der Waals surface area contributed by atoms with E-state index in [0.29, 0.717) is 5.69 Å². The van der Waals surface area contributed by atoms with Crippen LogP contribution in [0.4, 0.5) is 11.4 Å². The van der Waals surface area contributed by atoms with Gasteiger partial charge < -0.3 is 16.8 Å². The van der Waals surface area contributed by atoms with Crippen molar-refractivity contribution in [2.24, 2.45) is 5.73 Å². The molecule has 0 spiro atoms. The normalized spacial score (nSPS) is 14.3. The lowest BCUT2D eigenvalue weighted by atomic mass is 9.95. The molecule has 1 aliphatic rings. The van der Waals surface area contributed by atoms with Gasteiger partial charge in [-0.2, -0.15) is 4.37 Å². The molecule has 0 saturated heterocycles. The Morgan fingerprint density at radius 1 is 1.20 bits per heavy atom. The summed E-state index contributed by atoms with van der Waals surface area (Å²) in [5.74, 6) is -1.51. The van der Waals surface area contributed by atoms with Crippen LogP contribution in [0.15, 0.2) is 18.2 Å². The van der Waals surface area contributed by atoms with Gasteiger partial charge in [0.1, 0.15) is 11.4 Å². The van der Waals surface area contributed by atoms with E-state index in [-0.39, 0.29) is 34.8 Å². The van der Waals surface area contributed by atoms with Crippen molar-refractivity contribution in [3.05, 3.63) is 39.9 Å². The van der Waals surface area contributed by atoms with Crippen LogP contribution in [0.2, 0.25) is 0 Å². The fraction of sp³-hybridized carbons (Fsp3) is 0.429.